The van der Waals surface area contributed by atoms with Gasteiger partial charge in [0.25, 0.3) is 0 Å². The molecule has 1 amide bonds. The van der Waals surface area contributed by atoms with E-state index in [1.54, 1.807) is 6.20 Å². The molecule has 1 aromatic carbocycles. The van der Waals surface area contributed by atoms with Crippen LogP contribution in [-0.2, 0) is 11.3 Å². The van der Waals surface area contributed by atoms with Gasteiger partial charge in [-0.25, -0.2) is 9.97 Å². The first-order valence-corrected chi connectivity index (χ1v) is 8.39. The van der Waals surface area contributed by atoms with Crippen LogP contribution in [0.5, 0.6) is 0 Å². The fourth-order valence-electron chi connectivity index (χ4n) is 3.54. The average molecular weight is 323 g/mol. The van der Waals surface area contributed by atoms with Crippen molar-refractivity contribution in [3.63, 3.8) is 0 Å². The topological polar surface area (TPSA) is 56.0 Å². The Morgan fingerprint density at radius 3 is 3.04 bits per heavy atom. The predicted octanol–water partition coefficient (Wildman–Crippen LogP) is 2.40. The van der Waals surface area contributed by atoms with E-state index < -0.39 is 0 Å². The summed E-state index contributed by atoms with van der Waals surface area (Å²) in [6.07, 6.45) is 7.73. The molecule has 0 N–H and O–H groups in total. The molecule has 1 atom stereocenters. The molecule has 1 fully saturated rings. The lowest BCUT2D eigenvalue weighted by molar-refractivity contribution is -0.133. The predicted molar refractivity (Wildman–Crippen MR) is 91.5 cm³/mol. The number of benzene rings is 1. The van der Waals surface area contributed by atoms with Gasteiger partial charge in [0, 0.05) is 25.5 Å². The van der Waals surface area contributed by atoms with Gasteiger partial charge in [-0.1, -0.05) is 12.1 Å². The van der Waals surface area contributed by atoms with Gasteiger partial charge >= 0.3 is 0 Å². The lowest BCUT2D eigenvalue weighted by Gasteiger charge is -2.33. The van der Waals surface area contributed by atoms with Gasteiger partial charge in [-0.05, 0) is 31.9 Å². The molecule has 6 heteroatoms. The van der Waals surface area contributed by atoms with Gasteiger partial charge in [-0.15, -0.1) is 0 Å². The van der Waals surface area contributed by atoms with Crippen molar-refractivity contribution in [3.8, 4) is 0 Å². The maximum atomic E-state index is 12.8. The van der Waals surface area contributed by atoms with Gasteiger partial charge in [0.2, 0.25) is 5.91 Å². The van der Waals surface area contributed by atoms with E-state index in [4.69, 9.17) is 0 Å². The Labute approximate surface area is 140 Å². The number of rotatable bonds is 3. The summed E-state index contributed by atoms with van der Waals surface area (Å²) in [5.74, 6) is 1.04. The monoisotopic (exact) mass is 323 g/mol. The SMILES string of the molecule is Cc1nc2ccccc2n1CC(=O)N1CCCC(n2ccnc2)C1. The molecule has 0 aliphatic carbocycles. The van der Waals surface area contributed by atoms with Crippen molar-refractivity contribution < 1.29 is 4.79 Å². The molecule has 3 heterocycles. The van der Waals surface area contributed by atoms with Crippen LogP contribution in [-0.4, -0.2) is 43.0 Å². The number of para-hydroxylation sites is 2. The third-order valence-electron chi connectivity index (χ3n) is 4.83. The Kier molecular flexibility index (Phi) is 3.80. The molecule has 124 valence electrons. The van der Waals surface area contributed by atoms with Crippen molar-refractivity contribution in [1.82, 2.24) is 24.0 Å². The van der Waals surface area contributed by atoms with Gasteiger partial charge in [0.15, 0.2) is 0 Å². The second-order valence-electron chi connectivity index (χ2n) is 6.38. The second kappa shape index (κ2) is 6.11. The Bertz CT molecular complexity index is 852. The highest BCUT2D eigenvalue weighted by Gasteiger charge is 2.25. The van der Waals surface area contributed by atoms with Crippen LogP contribution in [0.15, 0.2) is 43.0 Å². The quantitative estimate of drug-likeness (QED) is 0.744. The number of likely N-dealkylation sites (tertiary alicyclic amines) is 1. The van der Waals surface area contributed by atoms with Crippen molar-refractivity contribution in [1.29, 1.82) is 0 Å². The molecule has 1 aliphatic rings. The molecule has 24 heavy (non-hydrogen) atoms. The van der Waals surface area contributed by atoms with E-state index in [2.05, 4.69) is 14.5 Å². The summed E-state index contributed by atoms with van der Waals surface area (Å²) in [4.78, 5) is 23.5. The lowest BCUT2D eigenvalue weighted by Crippen LogP contribution is -2.42. The number of hydrogen-bond acceptors (Lipinski definition) is 3. The molecule has 1 saturated heterocycles. The number of nitrogens with zero attached hydrogens (tertiary/aromatic N) is 5. The van der Waals surface area contributed by atoms with Crippen LogP contribution in [0.4, 0.5) is 0 Å². The van der Waals surface area contributed by atoms with Crippen LogP contribution in [0.3, 0.4) is 0 Å². The Balaban J connectivity index is 1.52. The van der Waals surface area contributed by atoms with Crippen molar-refractivity contribution >= 4 is 16.9 Å². The van der Waals surface area contributed by atoms with Crippen LogP contribution >= 0.6 is 0 Å². The number of imidazole rings is 2. The number of piperidine rings is 1. The zero-order valence-corrected chi connectivity index (χ0v) is 13.8. The minimum absolute atomic E-state index is 0.158. The van der Waals surface area contributed by atoms with Gasteiger partial charge in [-0.2, -0.15) is 0 Å². The Morgan fingerprint density at radius 1 is 1.33 bits per heavy atom. The maximum Gasteiger partial charge on any atom is 0.242 e. The Morgan fingerprint density at radius 2 is 2.21 bits per heavy atom. The minimum Gasteiger partial charge on any atom is -0.339 e. The fourth-order valence-corrected chi connectivity index (χ4v) is 3.54. The molecule has 0 radical (unpaired) electrons. The highest BCUT2D eigenvalue weighted by atomic mass is 16.2. The van der Waals surface area contributed by atoms with Gasteiger partial charge in [0.05, 0.1) is 23.4 Å². The third kappa shape index (κ3) is 2.68. The summed E-state index contributed by atoms with van der Waals surface area (Å²) in [6, 6.07) is 8.29. The van der Waals surface area contributed by atoms with Gasteiger partial charge in [-0.3, -0.25) is 4.79 Å². The third-order valence-corrected chi connectivity index (χ3v) is 4.83. The van der Waals surface area contributed by atoms with Crippen LogP contribution in [0.25, 0.3) is 11.0 Å². The van der Waals surface area contributed by atoms with E-state index in [-0.39, 0.29) is 5.91 Å². The number of fused-ring (bicyclic) bond motifs is 1. The van der Waals surface area contributed by atoms with Gasteiger partial charge in [0.1, 0.15) is 12.4 Å². The normalized spacial score (nSPS) is 18.2. The Hall–Kier alpha value is -2.63. The molecular formula is C18H21N5O. The zero-order valence-electron chi connectivity index (χ0n) is 13.8. The standard InChI is InChI=1S/C18H21N5O/c1-14-20-16-6-2-3-7-17(16)23(14)12-18(24)21-9-4-5-15(11-21)22-10-8-19-13-22/h2-3,6-8,10,13,15H,4-5,9,11-12H2,1H3. The smallest absolute Gasteiger partial charge is 0.242 e. The van der Waals surface area contributed by atoms with E-state index >= 15 is 0 Å². The second-order valence-corrected chi connectivity index (χ2v) is 6.38. The highest BCUT2D eigenvalue weighted by Crippen LogP contribution is 2.22. The first kappa shape index (κ1) is 14.9. The number of carbonyl (C=O) groups is 1. The van der Waals surface area contributed by atoms with Crippen molar-refractivity contribution in [2.75, 3.05) is 13.1 Å². The van der Waals surface area contributed by atoms with E-state index in [9.17, 15) is 4.79 Å². The number of hydrogen-bond donors (Lipinski definition) is 0. The molecule has 2 aromatic heterocycles. The van der Waals surface area contributed by atoms with Crippen molar-refractivity contribution in [2.24, 2.45) is 0 Å². The van der Waals surface area contributed by atoms with E-state index in [0.717, 1.165) is 42.8 Å². The molecule has 6 nitrogen and oxygen atoms in total. The largest absolute Gasteiger partial charge is 0.339 e. The van der Waals surface area contributed by atoms with Crippen molar-refractivity contribution in [2.45, 2.75) is 32.4 Å². The molecular weight excluding hydrogens is 302 g/mol. The van der Waals surface area contributed by atoms with Crippen LogP contribution in [0, 0.1) is 6.92 Å². The first-order valence-electron chi connectivity index (χ1n) is 8.39. The van der Waals surface area contributed by atoms with E-state index in [1.165, 1.54) is 0 Å². The maximum absolute atomic E-state index is 12.8. The zero-order chi connectivity index (χ0) is 16.5. The van der Waals surface area contributed by atoms with Crippen LogP contribution in [0.2, 0.25) is 0 Å². The fraction of sp³-hybridized carbons (Fsp3) is 0.389. The van der Waals surface area contributed by atoms with E-state index in [1.807, 2.05) is 53.2 Å². The molecule has 3 aromatic rings. The van der Waals surface area contributed by atoms with Gasteiger partial charge < -0.3 is 14.0 Å². The summed E-state index contributed by atoms with van der Waals surface area (Å²) < 4.78 is 4.12. The van der Waals surface area contributed by atoms with Crippen LogP contribution in [0.1, 0.15) is 24.7 Å². The van der Waals surface area contributed by atoms with Crippen molar-refractivity contribution in [3.05, 3.63) is 48.8 Å². The molecule has 0 spiro atoms. The molecule has 4 rings (SSSR count). The molecule has 0 bridgehead atoms. The molecule has 1 aliphatic heterocycles. The summed E-state index contributed by atoms with van der Waals surface area (Å²) in [5.41, 5.74) is 1.96. The lowest BCUT2D eigenvalue weighted by atomic mass is 10.1. The summed E-state index contributed by atoms with van der Waals surface area (Å²) in [7, 11) is 0. The first-order chi connectivity index (χ1) is 11.7. The summed E-state index contributed by atoms with van der Waals surface area (Å²) >= 11 is 0. The highest BCUT2D eigenvalue weighted by molar-refractivity contribution is 5.81. The number of carbonyl (C=O) groups excluding carboxylic acids is 1. The number of aromatic nitrogens is 4. The molecule has 1 unspecified atom stereocenters. The average Bonchev–Trinajstić information content (AvgIpc) is 3.24. The summed E-state index contributed by atoms with van der Waals surface area (Å²) in [6.45, 7) is 3.89. The minimum atomic E-state index is 0.158. The summed E-state index contributed by atoms with van der Waals surface area (Å²) in [5, 5.41) is 0. The number of amides is 1. The molecule has 0 saturated carbocycles. The van der Waals surface area contributed by atoms with Crippen LogP contribution < -0.4 is 0 Å². The number of aryl methyl sites for hydroxylation is 1. The van der Waals surface area contributed by atoms with E-state index in [0.29, 0.717) is 12.6 Å².